The van der Waals surface area contributed by atoms with Crippen LogP contribution in [0.4, 0.5) is 17.7 Å². The van der Waals surface area contributed by atoms with E-state index in [1.54, 1.807) is 0 Å². The molecule has 0 heterocycles. The van der Waals surface area contributed by atoms with Crippen molar-refractivity contribution in [3.63, 3.8) is 0 Å². The summed E-state index contributed by atoms with van der Waals surface area (Å²) in [6.07, 6.45) is -1.54. The number of halogens is 4. The first-order valence-corrected chi connectivity index (χ1v) is 7.56. The first-order valence-electron chi connectivity index (χ1n) is 6.15. The lowest BCUT2D eigenvalue weighted by molar-refractivity contribution is -0.144. The predicted octanol–water partition coefficient (Wildman–Crippen LogP) is 3.26. The molecular formula is C13H12F4O5S. The van der Waals surface area contributed by atoms with E-state index < -0.39 is 50.1 Å². The van der Waals surface area contributed by atoms with Crippen LogP contribution in [0, 0.1) is 17.5 Å². The summed E-state index contributed by atoms with van der Waals surface area (Å²) in [5.74, 6) is -7.03. The highest BCUT2D eigenvalue weighted by molar-refractivity contribution is 7.86. The van der Waals surface area contributed by atoms with Crippen molar-refractivity contribution in [2.75, 3.05) is 0 Å². The molecule has 0 spiro atoms. The van der Waals surface area contributed by atoms with Crippen LogP contribution < -0.4 is 0 Å². The standard InChI is InChI=1S/C13H12F4O5S/c1-4-8(21-13(18)6(2)3)7-5-9(23(19,20)22-17)11(15)12(16)10(7)14/h5,8H,2,4H2,1,3H3. The van der Waals surface area contributed by atoms with Crippen LogP contribution in [0.5, 0.6) is 0 Å². The van der Waals surface area contributed by atoms with Gasteiger partial charge in [-0.1, -0.05) is 17.9 Å². The monoisotopic (exact) mass is 356 g/mol. The lowest BCUT2D eigenvalue weighted by atomic mass is 10.1. The summed E-state index contributed by atoms with van der Waals surface area (Å²) in [5.41, 5.74) is -0.831. The Labute approximate surface area is 129 Å². The molecule has 0 bridgehead atoms. The minimum Gasteiger partial charge on any atom is -0.454 e. The van der Waals surface area contributed by atoms with Crippen LogP contribution >= 0.6 is 0 Å². The van der Waals surface area contributed by atoms with Gasteiger partial charge in [-0.2, -0.15) is 8.42 Å². The van der Waals surface area contributed by atoms with Gasteiger partial charge in [-0.15, -0.1) is 0 Å². The SMILES string of the molecule is C=C(C)C(=O)OC(CC)c1cc(S(=O)(=O)OF)c(F)c(F)c1F. The molecule has 0 aliphatic heterocycles. The smallest absolute Gasteiger partial charge is 0.333 e. The maximum atomic E-state index is 13.9. The van der Waals surface area contributed by atoms with Crippen LogP contribution in [-0.2, 0) is 24.0 Å². The molecule has 1 aromatic rings. The molecule has 1 aromatic carbocycles. The molecule has 0 N–H and O–H groups in total. The van der Waals surface area contributed by atoms with Gasteiger partial charge in [-0.25, -0.2) is 18.0 Å². The summed E-state index contributed by atoms with van der Waals surface area (Å²) in [6, 6.07) is 0.308. The van der Waals surface area contributed by atoms with Gasteiger partial charge >= 0.3 is 16.1 Å². The summed E-state index contributed by atoms with van der Waals surface area (Å²) in [4.78, 5) is 9.91. The Morgan fingerprint density at radius 2 is 1.83 bits per heavy atom. The number of esters is 1. The van der Waals surface area contributed by atoms with Gasteiger partial charge in [0.2, 0.25) is 0 Å². The minimum absolute atomic E-state index is 0.0496. The van der Waals surface area contributed by atoms with Crippen LogP contribution in [0.1, 0.15) is 31.9 Å². The molecule has 0 saturated heterocycles. The Bertz CT molecular complexity index is 745. The number of carbonyl (C=O) groups excluding carboxylic acids is 1. The fourth-order valence-electron chi connectivity index (χ4n) is 1.65. The molecule has 0 radical (unpaired) electrons. The number of carbonyl (C=O) groups is 1. The number of benzene rings is 1. The highest BCUT2D eigenvalue weighted by Crippen LogP contribution is 2.31. The average molecular weight is 356 g/mol. The summed E-state index contributed by atoms with van der Waals surface area (Å²) in [7, 11) is -5.28. The third-order valence-electron chi connectivity index (χ3n) is 2.81. The lowest BCUT2D eigenvalue weighted by Crippen LogP contribution is -2.16. The van der Waals surface area contributed by atoms with Crippen molar-refractivity contribution in [3.05, 3.63) is 41.2 Å². The quantitative estimate of drug-likeness (QED) is 0.339. The van der Waals surface area contributed by atoms with E-state index in [0.717, 1.165) is 0 Å². The molecule has 1 rings (SSSR count). The van der Waals surface area contributed by atoms with Crippen molar-refractivity contribution < 1.29 is 40.0 Å². The van der Waals surface area contributed by atoms with Gasteiger partial charge in [-0.3, -0.25) is 0 Å². The zero-order chi connectivity index (χ0) is 17.9. The molecule has 128 valence electrons. The molecule has 1 unspecified atom stereocenters. The zero-order valence-electron chi connectivity index (χ0n) is 12.0. The Morgan fingerprint density at radius 1 is 1.26 bits per heavy atom. The first-order chi connectivity index (χ1) is 10.6. The molecule has 0 saturated carbocycles. The maximum Gasteiger partial charge on any atom is 0.333 e. The van der Waals surface area contributed by atoms with E-state index in [-0.39, 0.29) is 12.0 Å². The number of hydrogen-bond donors (Lipinski definition) is 0. The van der Waals surface area contributed by atoms with Crippen molar-refractivity contribution >= 4 is 16.1 Å². The second-order valence-electron chi connectivity index (χ2n) is 4.51. The van der Waals surface area contributed by atoms with Crippen LogP contribution in [0.2, 0.25) is 0 Å². The second-order valence-corrected chi connectivity index (χ2v) is 5.98. The van der Waals surface area contributed by atoms with Gasteiger partial charge < -0.3 is 4.74 Å². The summed E-state index contributed by atoms with van der Waals surface area (Å²) in [5, 5.41) is 0. The fourth-order valence-corrected chi connectivity index (χ4v) is 2.29. The van der Waals surface area contributed by atoms with Gasteiger partial charge in [0.25, 0.3) is 0 Å². The van der Waals surface area contributed by atoms with E-state index in [4.69, 9.17) is 4.74 Å². The van der Waals surface area contributed by atoms with Crippen LogP contribution in [0.3, 0.4) is 0 Å². The van der Waals surface area contributed by atoms with Crippen LogP contribution in [0.25, 0.3) is 0 Å². The molecule has 23 heavy (non-hydrogen) atoms. The van der Waals surface area contributed by atoms with E-state index >= 15 is 0 Å². The highest BCUT2D eigenvalue weighted by atomic mass is 32.2. The van der Waals surface area contributed by atoms with E-state index in [0.29, 0.717) is 6.07 Å². The number of ether oxygens (including phenoxy) is 1. The Hall–Kier alpha value is -1.94. The van der Waals surface area contributed by atoms with Gasteiger partial charge in [0.1, 0.15) is 11.0 Å². The molecule has 0 aliphatic carbocycles. The van der Waals surface area contributed by atoms with Crippen molar-refractivity contribution in [1.82, 2.24) is 0 Å². The number of rotatable bonds is 6. The summed E-state index contributed by atoms with van der Waals surface area (Å²) < 4.78 is 82.9. The fraction of sp³-hybridized carbons (Fsp3) is 0.308. The predicted molar refractivity (Wildman–Crippen MR) is 69.6 cm³/mol. The zero-order valence-corrected chi connectivity index (χ0v) is 12.8. The number of hydrogen-bond acceptors (Lipinski definition) is 5. The molecule has 0 aliphatic rings. The van der Waals surface area contributed by atoms with E-state index in [1.807, 2.05) is 0 Å². The Morgan fingerprint density at radius 3 is 2.26 bits per heavy atom. The Balaban J connectivity index is 3.52. The van der Waals surface area contributed by atoms with Gasteiger partial charge in [0, 0.05) is 11.1 Å². The lowest BCUT2D eigenvalue weighted by Gasteiger charge is -2.18. The third-order valence-corrected chi connectivity index (χ3v) is 3.81. The minimum atomic E-state index is -5.28. The topological polar surface area (TPSA) is 69.7 Å². The largest absolute Gasteiger partial charge is 0.454 e. The molecule has 0 aromatic heterocycles. The average Bonchev–Trinajstić information content (AvgIpc) is 2.50. The summed E-state index contributed by atoms with van der Waals surface area (Å²) >= 11 is 0. The van der Waals surface area contributed by atoms with Crippen molar-refractivity contribution in [2.24, 2.45) is 0 Å². The van der Waals surface area contributed by atoms with Crippen LogP contribution in [0.15, 0.2) is 23.1 Å². The van der Waals surface area contributed by atoms with Crippen molar-refractivity contribution in [1.29, 1.82) is 0 Å². The first kappa shape index (κ1) is 19.1. The summed E-state index contributed by atoms with van der Waals surface area (Å²) in [6.45, 7) is 6.00. The third kappa shape index (κ3) is 3.88. The second kappa shape index (κ2) is 7.09. The van der Waals surface area contributed by atoms with Crippen LogP contribution in [-0.4, -0.2) is 14.4 Å². The van der Waals surface area contributed by atoms with Gasteiger partial charge in [0.05, 0.1) is 0 Å². The molecule has 1 atom stereocenters. The van der Waals surface area contributed by atoms with E-state index in [2.05, 4.69) is 11.0 Å². The molecular weight excluding hydrogens is 344 g/mol. The van der Waals surface area contributed by atoms with Gasteiger partial charge in [0.15, 0.2) is 17.5 Å². The van der Waals surface area contributed by atoms with Gasteiger partial charge in [-0.05, 0) is 23.9 Å². The maximum absolute atomic E-state index is 13.9. The molecule has 0 fully saturated rings. The highest BCUT2D eigenvalue weighted by Gasteiger charge is 2.31. The van der Waals surface area contributed by atoms with Crippen molar-refractivity contribution in [3.8, 4) is 0 Å². The molecule has 5 nitrogen and oxygen atoms in total. The molecule has 0 amide bonds. The van der Waals surface area contributed by atoms with E-state index in [9.17, 15) is 30.9 Å². The molecule has 10 heteroatoms. The van der Waals surface area contributed by atoms with E-state index in [1.165, 1.54) is 13.8 Å². The van der Waals surface area contributed by atoms with Crippen molar-refractivity contribution in [2.45, 2.75) is 31.3 Å². The normalized spacial score (nSPS) is 12.8. The Kier molecular flexibility index (Phi) is 5.89.